The van der Waals surface area contributed by atoms with Crippen LogP contribution in [0.4, 0.5) is 0 Å². The Bertz CT molecular complexity index is 448. The first-order valence-electron chi connectivity index (χ1n) is 7.99. The predicted molar refractivity (Wildman–Crippen MR) is 87.3 cm³/mol. The molecule has 2 rings (SSSR count). The first-order valence-corrected chi connectivity index (χ1v) is 8.87. The predicted octanol–water partition coefficient (Wildman–Crippen LogP) is 3.05. The van der Waals surface area contributed by atoms with E-state index in [0.29, 0.717) is 18.5 Å². The Balaban J connectivity index is 1.85. The van der Waals surface area contributed by atoms with Crippen LogP contribution in [0.3, 0.4) is 0 Å². The fraction of sp³-hybridized carbons (Fsp3) is 0.750. The highest BCUT2D eigenvalue weighted by atomic mass is 32.1. The molecule has 5 heteroatoms. The zero-order chi connectivity index (χ0) is 15.3. The number of carbonyl (C=O) groups excluding carboxylic acids is 1. The van der Waals surface area contributed by atoms with Crippen molar-refractivity contribution < 1.29 is 4.79 Å². The quantitative estimate of drug-likeness (QED) is 0.849. The first-order chi connectivity index (χ1) is 10.0. The molecule has 118 valence electrons. The Labute approximate surface area is 131 Å². The number of nitrogens with zero attached hydrogens (tertiary/aromatic N) is 1. The Kier molecular flexibility index (Phi) is 5.76. The maximum Gasteiger partial charge on any atom is 0.234 e. The zero-order valence-corrected chi connectivity index (χ0v) is 14.1. The van der Waals surface area contributed by atoms with Gasteiger partial charge in [0.05, 0.1) is 12.1 Å². The molecule has 1 heterocycles. The van der Waals surface area contributed by atoms with Crippen LogP contribution >= 0.6 is 11.3 Å². The Morgan fingerprint density at radius 3 is 2.86 bits per heavy atom. The molecular weight excluding hydrogens is 282 g/mol. The van der Waals surface area contributed by atoms with Crippen LogP contribution in [-0.2, 0) is 10.3 Å². The van der Waals surface area contributed by atoms with Crippen molar-refractivity contribution in [2.45, 2.75) is 64.5 Å². The maximum atomic E-state index is 12.2. The molecule has 21 heavy (non-hydrogen) atoms. The molecule has 1 aliphatic rings. The number of hydrogen-bond acceptors (Lipinski definition) is 4. The van der Waals surface area contributed by atoms with Gasteiger partial charge in [0, 0.05) is 17.6 Å². The van der Waals surface area contributed by atoms with E-state index in [1.54, 1.807) is 11.3 Å². The standard InChI is InChI=1S/C16H27N3OS/c1-4-16(3,15-17-9-10-21-15)18-11-14(20)19-13-8-6-5-7-12(13)2/h9-10,12-13,18H,4-8,11H2,1-3H3,(H,19,20)/t12-,13-,16-/m0/s1. The number of aromatic nitrogens is 1. The van der Waals surface area contributed by atoms with Gasteiger partial charge in [-0.1, -0.05) is 26.7 Å². The summed E-state index contributed by atoms with van der Waals surface area (Å²) in [4.78, 5) is 16.6. The van der Waals surface area contributed by atoms with Gasteiger partial charge in [0.15, 0.2) is 0 Å². The molecule has 0 aliphatic heterocycles. The van der Waals surface area contributed by atoms with Gasteiger partial charge in [-0.2, -0.15) is 0 Å². The highest BCUT2D eigenvalue weighted by Gasteiger charge is 2.28. The molecule has 0 aromatic carbocycles. The van der Waals surface area contributed by atoms with Gasteiger partial charge >= 0.3 is 0 Å². The van der Waals surface area contributed by atoms with Crippen molar-refractivity contribution in [3.05, 3.63) is 16.6 Å². The summed E-state index contributed by atoms with van der Waals surface area (Å²) in [6.07, 6.45) is 7.60. The Hall–Kier alpha value is -0.940. The highest BCUT2D eigenvalue weighted by Crippen LogP contribution is 2.26. The van der Waals surface area contributed by atoms with E-state index in [1.165, 1.54) is 19.3 Å². The second kappa shape index (κ2) is 7.36. The monoisotopic (exact) mass is 309 g/mol. The summed E-state index contributed by atoms with van der Waals surface area (Å²) < 4.78 is 0. The van der Waals surface area contributed by atoms with Gasteiger partial charge in [-0.05, 0) is 32.1 Å². The molecule has 1 aromatic rings. The van der Waals surface area contributed by atoms with Crippen LogP contribution < -0.4 is 10.6 Å². The van der Waals surface area contributed by atoms with E-state index in [9.17, 15) is 4.79 Å². The number of thiazole rings is 1. The van der Waals surface area contributed by atoms with Crippen LogP contribution in [0.1, 0.15) is 57.9 Å². The second-order valence-electron chi connectivity index (χ2n) is 6.31. The van der Waals surface area contributed by atoms with Gasteiger partial charge < -0.3 is 5.32 Å². The summed E-state index contributed by atoms with van der Waals surface area (Å²) in [6, 6.07) is 0.348. The van der Waals surface area contributed by atoms with Crippen molar-refractivity contribution in [2.75, 3.05) is 6.54 Å². The van der Waals surface area contributed by atoms with E-state index in [0.717, 1.165) is 17.8 Å². The highest BCUT2D eigenvalue weighted by molar-refractivity contribution is 7.09. The van der Waals surface area contributed by atoms with Crippen LogP contribution in [0.15, 0.2) is 11.6 Å². The number of hydrogen-bond donors (Lipinski definition) is 2. The van der Waals surface area contributed by atoms with E-state index in [4.69, 9.17) is 0 Å². The molecule has 1 aliphatic carbocycles. The largest absolute Gasteiger partial charge is 0.352 e. The van der Waals surface area contributed by atoms with Crippen LogP contribution in [0.2, 0.25) is 0 Å². The molecule has 0 unspecified atom stereocenters. The average molecular weight is 309 g/mol. The van der Waals surface area contributed by atoms with Gasteiger partial charge in [0.25, 0.3) is 0 Å². The number of amides is 1. The summed E-state index contributed by atoms with van der Waals surface area (Å²) >= 11 is 1.64. The topological polar surface area (TPSA) is 54.0 Å². The van der Waals surface area contributed by atoms with E-state index in [1.807, 2.05) is 11.6 Å². The molecule has 1 saturated carbocycles. The zero-order valence-electron chi connectivity index (χ0n) is 13.3. The minimum Gasteiger partial charge on any atom is -0.352 e. The fourth-order valence-electron chi connectivity index (χ4n) is 2.91. The first kappa shape index (κ1) is 16.4. The van der Waals surface area contributed by atoms with E-state index < -0.39 is 0 Å². The average Bonchev–Trinajstić information content (AvgIpc) is 3.02. The molecule has 0 bridgehead atoms. The molecule has 2 N–H and O–H groups in total. The number of carbonyl (C=O) groups is 1. The lowest BCUT2D eigenvalue weighted by atomic mass is 9.86. The third-order valence-electron chi connectivity index (χ3n) is 4.71. The van der Waals surface area contributed by atoms with Crippen molar-refractivity contribution in [1.29, 1.82) is 0 Å². The Morgan fingerprint density at radius 2 is 2.24 bits per heavy atom. The number of rotatable bonds is 6. The molecule has 1 amide bonds. The molecule has 0 radical (unpaired) electrons. The van der Waals surface area contributed by atoms with Gasteiger partial charge in [0.2, 0.25) is 5.91 Å². The Morgan fingerprint density at radius 1 is 1.48 bits per heavy atom. The molecule has 1 aromatic heterocycles. The van der Waals surface area contributed by atoms with Crippen LogP contribution in [-0.4, -0.2) is 23.5 Å². The number of nitrogens with one attached hydrogen (secondary N) is 2. The lowest BCUT2D eigenvalue weighted by Crippen LogP contribution is -2.48. The van der Waals surface area contributed by atoms with Crippen LogP contribution in [0, 0.1) is 5.92 Å². The molecule has 0 saturated heterocycles. The summed E-state index contributed by atoms with van der Waals surface area (Å²) in [5.41, 5.74) is -0.219. The van der Waals surface area contributed by atoms with Crippen LogP contribution in [0.5, 0.6) is 0 Å². The van der Waals surface area contributed by atoms with E-state index >= 15 is 0 Å². The van der Waals surface area contributed by atoms with Crippen molar-refractivity contribution >= 4 is 17.2 Å². The fourth-order valence-corrected chi connectivity index (χ4v) is 3.76. The third kappa shape index (κ3) is 4.27. The van der Waals surface area contributed by atoms with Gasteiger partial charge in [-0.3, -0.25) is 10.1 Å². The minimum atomic E-state index is -0.219. The molecule has 1 fully saturated rings. The normalized spacial score (nSPS) is 25.3. The van der Waals surface area contributed by atoms with Gasteiger partial charge in [0.1, 0.15) is 5.01 Å². The lowest BCUT2D eigenvalue weighted by molar-refractivity contribution is -0.121. The smallest absolute Gasteiger partial charge is 0.234 e. The summed E-state index contributed by atoms with van der Waals surface area (Å²) in [5, 5.41) is 9.61. The molecule has 4 nitrogen and oxygen atoms in total. The maximum absolute atomic E-state index is 12.2. The third-order valence-corrected chi connectivity index (χ3v) is 5.75. The van der Waals surface area contributed by atoms with E-state index in [-0.39, 0.29) is 11.4 Å². The molecule has 0 spiro atoms. The van der Waals surface area contributed by atoms with Gasteiger partial charge in [-0.25, -0.2) is 4.98 Å². The molecule has 3 atom stereocenters. The van der Waals surface area contributed by atoms with Crippen molar-refractivity contribution in [3.63, 3.8) is 0 Å². The van der Waals surface area contributed by atoms with Crippen molar-refractivity contribution in [3.8, 4) is 0 Å². The SMILES string of the molecule is CC[C@](C)(NCC(=O)N[C@H]1CCCC[C@@H]1C)c1nccs1. The van der Waals surface area contributed by atoms with Crippen LogP contribution in [0.25, 0.3) is 0 Å². The molecular formula is C16H27N3OS. The van der Waals surface area contributed by atoms with Crippen molar-refractivity contribution in [1.82, 2.24) is 15.6 Å². The summed E-state index contributed by atoms with van der Waals surface area (Å²) in [5.74, 6) is 0.698. The van der Waals surface area contributed by atoms with E-state index in [2.05, 4.69) is 36.4 Å². The lowest BCUT2D eigenvalue weighted by Gasteiger charge is -2.31. The second-order valence-corrected chi connectivity index (χ2v) is 7.21. The van der Waals surface area contributed by atoms with Crippen molar-refractivity contribution in [2.24, 2.45) is 5.92 Å². The van der Waals surface area contributed by atoms with Gasteiger partial charge in [-0.15, -0.1) is 11.3 Å². The summed E-state index contributed by atoms with van der Waals surface area (Å²) in [7, 11) is 0. The summed E-state index contributed by atoms with van der Waals surface area (Å²) in [6.45, 7) is 6.83. The minimum absolute atomic E-state index is 0.102.